The molecule has 0 aromatic heterocycles. The van der Waals surface area contributed by atoms with Crippen molar-refractivity contribution < 1.29 is 9.90 Å². The second-order valence-electron chi connectivity index (χ2n) is 6.30. The van der Waals surface area contributed by atoms with E-state index in [0.717, 1.165) is 44.5 Å². The summed E-state index contributed by atoms with van der Waals surface area (Å²) in [5.74, 6) is 2.26. The molecule has 1 heterocycles. The maximum Gasteiger partial charge on any atom is 0.227 e. The lowest BCUT2D eigenvalue weighted by molar-refractivity contribution is -0.120. The van der Waals surface area contributed by atoms with E-state index in [-0.39, 0.29) is 12.3 Å². The molecule has 2 fully saturated rings. The van der Waals surface area contributed by atoms with E-state index in [4.69, 9.17) is 0 Å². The molecule has 1 amide bonds. The number of hydrogen-bond acceptors (Lipinski definition) is 4. The smallest absolute Gasteiger partial charge is 0.227 e. The minimum Gasteiger partial charge on any atom is -0.389 e. The van der Waals surface area contributed by atoms with Crippen LogP contribution >= 0.6 is 11.8 Å². The van der Waals surface area contributed by atoms with Gasteiger partial charge in [0.05, 0.1) is 12.0 Å². The first kappa shape index (κ1) is 15.7. The van der Waals surface area contributed by atoms with Crippen molar-refractivity contribution in [1.82, 2.24) is 0 Å². The maximum absolute atomic E-state index is 12.1. The summed E-state index contributed by atoms with van der Waals surface area (Å²) in [6.07, 6.45) is 3.73. The number of nitrogens with zero attached hydrogens (tertiary/aromatic N) is 1. The zero-order chi connectivity index (χ0) is 15.4. The Kier molecular flexibility index (Phi) is 4.93. The van der Waals surface area contributed by atoms with E-state index in [1.54, 1.807) is 0 Å². The zero-order valence-electron chi connectivity index (χ0n) is 12.9. The zero-order valence-corrected chi connectivity index (χ0v) is 13.7. The van der Waals surface area contributed by atoms with Crippen molar-refractivity contribution in [3.8, 4) is 0 Å². The molecule has 2 N–H and O–H groups in total. The first-order valence-electron chi connectivity index (χ1n) is 8.10. The van der Waals surface area contributed by atoms with E-state index in [0.29, 0.717) is 0 Å². The third-order valence-electron chi connectivity index (χ3n) is 4.55. The van der Waals surface area contributed by atoms with Crippen LogP contribution in [0.4, 0.5) is 11.4 Å². The quantitative estimate of drug-likeness (QED) is 0.896. The van der Waals surface area contributed by atoms with Crippen LogP contribution in [-0.2, 0) is 4.79 Å². The summed E-state index contributed by atoms with van der Waals surface area (Å²) in [7, 11) is 0. The number of carbonyl (C=O) groups excluding carboxylic acids is 1. The summed E-state index contributed by atoms with van der Waals surface area (Å²) < 4.78 is 0. The number of thioether (sulfide) groups is 1. The fourth-order valence-electron chi connectivity index (χ4n) is 3.29. The largest absolute Gasteiger partial charge is 0.389 e. The van der Waals surface area contributed by atoms with Gasteiger partial charge in [0.15, 0.2) is 0 Å². The van der Waals surface area contributed by atoms with E-state index >= 15 is 0 Å². The third kappa shape index (κ3) is 3.96. The van der Waals surface area contributed by atoms with Crippen LogP contribution in [0.25, 0.3) is 0 Å². The highest BCUT2D eigenvalue weighted by Crippen LogP contribution is 2.32. The third-order valence-corrected chi connectivity index (χ3v) is 5.49. The molecule has 0 bridgehead atoms. The average molecular weight is 320 g/mol. The lowest BCUT2D eigenvalue weighted by Crippen LogP contribution is -2.32. The molecule has 0 atom stereocenters. The van der Waals surface area contributed by atoms with Gasteiger partial charge in [-0.05, 0) is 37.1 Å². The van der Waals surface area contributed by atoms with Crippen molar-refractivity contribution in [2.24, 2.45) is 0 Å². The normalized spacial score (nSPS) is 20.9. The average Bonchev–Trinajstić information content (AvgIpc) is 2.95. The molecule has 2 aliphatic rings. The van der Waals surface area contributed by atoms with Gasteiger partial charge >= 0.3 is 0 Å². The van der Waals surface area contributed by atoms with Crippen LogP contribution in [0.2, 0.25) is 0 Å². The van der Waals surface area contributed by atoms with Gasteiger partial charge < -0.3 is 15.3 Å². The number of rotatable bonds is 4. The van der Waals surface area contributed by atoms with Crippen molar-refractivity contribution in [2.75, 3.05) is 34.8 Å². The molecule has 0 spiro atoms. The lowest BCUT2D eigenvalue weighted by atomic mass is 9.97. The van der Waals surface area contributed by atoms with Gasteiger partial charge in [0.2, 0.25) is 5.91 Å². The van der Waals surface area contributed by atoms with Crippen LogP contribution in [0, 0.1) is 0 Å². The van der Waals surface area contributed by atoms with Crippen LogP contribution in [0.5, 0.6) is 0 Å². The van der Waals surface area contributed by atoms with E-state index in [1.165, 1.54) is 17.2 Å². The van der Waals surface area contributed by atoms with Crippen molar-refractivity contribution in [3.63, 3.8) is 0 Å². The van der Waals surface area contributed by atoms with Gasteiger partial charge in [0, 0.05) is 36.0 Å². The van der Waals surface area contributed by atoms with Crippen molar-refractivity contribution in [1.29, 1.82) is 0 Å². The minimum absolute atomic E-state index is 0.0912. The number of hydrogen-bond donors (Lipinski definition) is 2. The van der Waals surface area contributed by atoms with E-state index in [2.05, 4.69) is 22.3 Å². The number of anilines is 2. The molecule has 0 radical (unpaired) electrons. The summed E-state index contributed by atoms with van der Waals surface area (Å²) in [6.45, 7) is 2.17. The molecule has 3 rings (SSSR count). The molecule has 5 heteroatoms. The lowest BCUT2D eigenvalue weighted by Gasteiger charge is -2.28. The van der Waals surface area contributed by atoms with Gasteiger partial charge in [0.25, 0.3) is 0 Å². The molecule has 0 unspecified atom stereocenters. The fourth-order valence-corrected chi connectivity index (χ4v) is 4.19. The molecule has 1 aromatic carbocycles. The molecular formula is C17H24N2O2S. The number of carbonyl (C=O) groups is 1. The second kappa shape index (κ2) is 6.92. The standard InChI is InChI=1S/C17H24N2O2S/c20-16(13-17(21)7-1-2-8-17)18-14-3-5-15(6-4-14)19-9-11-22-12-10-19/h3-6,21H,1-2,7-13H2,(H,18,20). The number of amides is 1. The number of nitrogens with one attached hydrogen (secondary N) is 1. The SMILES string of the molecule is O=C(CC1(O)CCCC1)Nc1ccc(N2CCSCC2)cc1. The molecule has 1 saturated carbocycles. The first-order valence-corrected chi connectivity index (χ1v) is 9.25. The molecule has 22 heavy (non-hydrogen) atoms. The highest BCUT2D eigenvalue weighted by molar-refractivity contribution is 7.99. The van der Waals surface area contributed by atoms with Crippen LogP contribution in [0.15, 0.2) is 24.3 Å². The van der Waals surface area contributed by atoms with Gasteiger partial charge in [-0.3, -0.25) is 4.79 Å². The molecule has 4 nitrogen and oxygen atoms in total. The maximum atomic E-state index is 12.1. The Morgan fingerprint density at radius 1 is 1.18 bits per heavy atom. The van der Waals surface area contributed by atoms with Crippen molar-refractivity contribution >= 4 is 29.0 Å². The molecule has 1 aliphatic carbocycles. The molecule has 120 valence electrons. The number of benzene rings is 1. The summed E-state index contributed by atoms with van der Waals surface area (Å²) in [6, 6.07) is 8.03. The fraction of sp³-hybridized carbons (Fsp3) is 0.588. The molecule has 1 aliphatic heterocycles. The highest BCUT2D eigenvalue weighted by atomic mass is 32.2. The van der Waals surface area contributed by atoms with E-state index in [9.17, 15) is 9.90 Å². The summed E-state index contributed by atoms with van der Waals surface area (Å²) in [5.41, 5.74) is 1.24. The Morgan fingerprint density at radius 2 is 1.82 bits per heavy atom. The summed E-state index contributed by atoms with van der Waals surface area (Å²) in [4.78, 5) is 14.5. The monoisotopic (exact) mass is 320 g/mol. The Balaban J connectivity index is 1.55. The van der Waals surface area contributed by atoms with Gasteiger partial charge in [-0.25, -0.2) is 0 Å². The predicted octanol–water partition coefficient (Wildman–Crippen LogP) is 2.87. The topological polar surface area (TPSA) is 52.6 Å². The summed E-state index contributed by atoms with van der Waals surface area (Å²) >= 11 is 2.00. The number of aliphatic hydroxyl groups is 1. The Labute approximate surface area is 136 Å². The Bertz CT molecular complexity index is 506. The van der Waals surface area contributed by atoms with Crippen molar-refractivity contribution in [2.45, 2.75) is 37.7 Å². The van der Waals surface area contributed by atoms with E-state index in [1.807, 2.05) is 23.9 Å². The van der Waals surface area contributed by atoms with Crippen LogP contribution in [0.1, 0.15) is 32.1 Å². The van der Waals surface area contributed by atoms with Gasteiger partial charge in [-0.15, -0.1) is 0 Å². The van der Waals surface area contributed by atoms with Gasteiger partial charge in [0.1, 0.15) is 0 Å². The van der Waals surface area contributed by atoms with Gasteiger partial charge in [-0.1, -0.05) is 12.8 Å². The first-order chi connectivity index (χ1) is 10.6. The molecular weight excluding hydrogens is 296 g/mol. The Morgan fingerprint density at radius 3 is 2.45 bits per heavy atom. The van der Waals surface area contributed by atoms with Crippen LogP contribution < -0.4 is 10.2 Å². The predicted molar refractivity (Wildman–Crippen MR) is 92.6 cm³/mol. The van der Waals surface area contributed by atoms with Crippen molar-refractivity contribution in [3.05, 3.63) is 24.3 Å². The van der Waals surface area contributed by atoms with Gasteiger partial charge in [-0.2, -0.15) is 11.8 Å². The summed E-state index contributed by atoms with van der Waals surface area (Å²) in [5, 5.41) is 13.2. The second-order valence-corrected chi connectivity index (χ2v) is 7.53. The highest BCUT2D eigenvalue weighted by Gasteiger charge is 2.33. The van der Waals surface area contributed by atoms with E-state index < -0.39 is 5.60 Å². The van der Waals surface area contributed by atoms with Crippen LogP contribution in [-0.4, -0.2) is 41.2 Å². The van der Waals surface area contributed by atoms with Crippen LogP contribution in [0.3, 0.4) is 0 Å². The minimum atomic E-state index is -0.782. The molecule has 1 aromatic rings. The molecule has 1 saturated heterocycles. The Hall–Kier alpha value is -1.20.